The summed E-state index contributed by atoms with van der Waals surface area (Å²) in [6, 6.07) is 7.62. The maximum Gasteiger partial charge on any atom is 0.573 e. The zero-order chi connectivity index (χ0) is 21.2. The van der Waals surface area contributed by atoms with Gasteiger partial charge in [0.25, 0.3) is 5.91 Å². The maximum absolute atomic E-state index is 13.5. The van der Waals surface area contributed by atoms with Crippen LogP contribution in [-0.2, 0) is 6.18 Å². The summed E-state index contributed by atoms with van der Waals surface area (Å²) in [6.45, 7) is 1.03. The molecular weight excluding hydrogens is 402 g/mol. The SMILES string of the molecule is O=C(Nc1ccc(OC(F)(F)F)cc1)c1ccc(N2CCCC2)c(C(F)(F)F)c1. The molecule has 0 radical (unpaired) electrons. The Morgan fingerprint density at radius 1 is 0.931 bits per heavy atom. The lowest BCUT2D eigenvalue weighted by Crippen LogP contribution is -2.23. The van der Waals surface area contributed by atoms with E-state index in [-0.39, 0.29) is 16.9 Å². The lowest BCUT2D eigenvalue weighted by atomic mass is 10.1. The first-order chi connectivity index (χ1) is 13.5. The first-order valence-electron chi connectivity index (χ1n) is 8.66. The molecule has 1 heterocycles. The van der Waals surface area contributed by atoms with E-state index in [9.17, 15) is 31.1 Å². The Hall–Kier alpha value is -2.91. The average molecular weight is 418 g/mol. The smallest absolute Gasteiger partial charge is 0.406 e. The van der Waals surface area contributed by atoms with Crippen molar-refractivity contribution in [1.29, 1.82) is 0 Å². The number of rotatable bonds is 4. The molecule has 0 aromatic heterocycles. The molecule has 1 saturated heterocycles. The van der Waals surface area contributed by atoms with E-state index in [1.807, 2.05) is 0 Å². The molecule has 0 unspecified atom stereocenters. The van der Waals surface area contributed by atoms with Gasteiger partial charge in [0.2, 0.25) is 0 Å². The third-order valence-electron chi connectivity index (χ3n) is 4.36. The third kappa shape index (κ3) is 5.33. The highest BCUT2D eigenvalue weighted by Crippen LogP contribution is 2.38. The Labute approximate surface area is 162 Å². The van der Waals surface area contributed by atoms with E-state index in [0.29, 0.717) is 13.1 Å². The molecule has 2 aromatic carbocycles. The number of alkyl halides is 6. The monoisotopic (exact) mass is 418 g/mol. The first kappa shape index (κ1) is 20.8. The number of hydrogen-bond donors (Lipinski definition) is 1. The number of anilines is 2. The van der Waals surface area contributed by atoms with Gasteiger partial charge < -0.3 is 15.0 Å². The lowest BCUT2D eigenvalue weighted by molar-refractivity contribution is -0.274. The fourth-order valence-corrected chi connectivity index (χ4v) is 3.08. The molecule has 0 bridgehead atoms. The van der Waals surface area contributed by atoms with Crippen molar-refractivity contribution in [3.8, 4) is 5.75 Å². The summed E-state index contributed by atoms with van der Waals surface area (Å²) in [5, 5.41) is 2.36. The highest BCUT2D eigenvalue weighted by molar-refractivity contribution is 6.04. The van der Waals surface area contributed by atoms with Gasteiger partial charge in [-0.3, -0.25) is 4.79 Å². The van der Waals surface area contributed by atoms with Crippen molar-refractivity contribution < 1.29 is 35.9 Å². The standard InChI is InChI=1S/C19H16F6N2O2/c20-18(21,22)15-11-12(3-8-16(15)27-9-1-2-10-27)17(28)26-13-4-6-14(7-5-13)29-19(23,24)25/h3-8,11H,1-2,9-10H2,(H,26,28). The quantitative estimate of drug-likeness (QED) is 0.671. The van der Waals surface area contributed by atoms with Gasteiger partial charge >= 0.3 is 12.5 Å². The minimum absolute atomic E-state index is 0.0280. The van der Waals surface area contributed by atoms with Gasteiger partial charge in [0.05, 0.1) is 5.56 Å². The third-order valence-corrected chi connectivity index (χ3v) is 4.36. The Bertz CT molecular complexity index is 872. The van der Waals surface area contributed by atoms with E-state index >= 15 is 0 Å². The van der Waals surface area contributed by atoms with Crippen LogP contribution in [0.2, 0.25) is 0 Å². The molecule has 1 aliphatic rings. The first-order valence-corrected chi connectivity index (χ1v) is 8.66. The topological polar surface area (TPSA) is 41.6 Å². The zero-order valence-electron chi connectivity index (χ0n) is 14.9. The lowest BCUT2D eigenvalue weighted by Gasteiger charge is -2.23. The van der Waals surface area contributed by atoms with Gasteiger partial charge in [-0.25, -0.2) is 0 Å². The molecule has 10 heteroatoms. The number of benzene rings is 2. The van der Waals surface area contributed by atoms with Crippen LogP contribution in [0, 0.1) is 0 Å². The van der Waals surface area contributed by atoms with Gasteiger partial charge in [-0.15, -0.1) is 13.2 Å². The van der Waals surface area contributed by atoms with E-state index in [1.54, 1.807) is 4.90 Å². The van der Waals surface area contributed by atoms with Crippen molar-refractivity contribution in [2.75, 3.05) is 23.3 Å². The van der Waals surface area contributed by atoms with Crippen LogP contribution in [0.4, 0.5) is 37.7 Å². The summed E-state index contributed by atoms with van der Waals surface area (Å²) < 4.78 is 80.7. The fourth-order valence-electron chi connectivity index (χ4n) is 3.08. The number of amides is 1. The Morgan fingerprint density at radius 3 is 2.10 bits per heavy atom. The second-order valence-corrected chi connectivity index (χ2v) is 6.45. The number of halogens is 6. The summed E-state index contributed by atoms with van der Waals surface area (Å²) in [5.74, 6) is -1.29. The maximum atomic E-state index is 13.5. The van der Waals surface area contributed by atoms with Crippen LogP contribution in [0.1, 0.15) is 28.8 Å². The summed E-state index contributed by atoms with van der Waals surface area (Å²) in [6.07, 6.45) is -7.89. The van der Waals surface area contributed by atoms with Crippen molar-refractivity contribution in [1.82, 2.24) is 0 Å². The van der Waals surface area contributed by atoms with Gasteiger partial charge in [-0.05, 0) is 55.3 Å². The number of carbonyl (C=O) groups is 1. The second kappa shape index (κ2) is 7.84. The predicted octanol–water partition coefficient (Wildman–Crippen LogP) is 5.46. The van der Waals surface area contributed by atoms with Crippen molar-refractivity contribution in [2.24, 2.45) is 0 Å². The Kier molecular flexibility index (Phi) is 5.63. The Morgan fingerprint density at radius 2 is 1.55 bits per heavy atom. The molecule has 156 valence electrons. The van der Waals surface area contributed by atoms with E-state index < -0.39 is 29.8 Å². The Balaban J connectivity index is 1.78. The zero-order valence-corrected chi connectivity index (χ0v) is 14.9. The van der Waals surface area contributed by atoms with E-state index in [2.05, 4.69) is 10.1 Å². The normalized spacial score (nSPS) is 14.8. The number of nitrogens with zero attached hydrogens (tertiary/aromatic N) is 1. The highest BCUT2D eigenvalue weighted by atomic mass is 19.4. The summed E-state index contributed by atoms with van der Waals surface area (Å²) in [4.78, 5) is 14.0. The molecule has 0 atom stereocenters. The van der Waals surface area contributed by atoms with Gasteiger partial charge in [0.15, 0.2) is 0 Å². The molecule has 0 aliphatic carbocycles. The minimum atomic E-state index is -4.85. The van der Waals surface area contributed by atoms with Crippen LogP contribution in [0.15, 0.2) is 42.5 Å². The van der Waals surface area contributed by atoms with Crippen LogP contribution in [0.25, 0.3) is 0 Å². The van der Waals surface area contributed by atoms with E-state index in [0.717, 1.165) is 43.2 Å². The largest absolute Gasteiger partial charge is 0.573 e. The molecule has 2 aromatic rings. The van der Waals surface area contributed by atoms with Crippen molar-refractivity contribution >= 4 is 17.3 Å². The molecule has 0 saturated carbocycles. The molecule has 4 nitrogen and oxygen atoms in total. The van der Waals surface area contributed by atoms with Crippen LogP contribution >= 0.6 is 0 Å². The van der Waals surface area contributed by atoms with Gasteiger partial charge in [0.1, 0.15) is 5.75 Å². The average Bonchev–Trinajstić information content (AvgIpc) is 3.15. The molecule has 1 N–H and O–H groups in total. The van der Waals surface area contributed by atoms with E-state index in [1.165, 1.54) is 12.1 Å². The molecule has 3 rings (SSSR count). The summed E-state index contributed by atoms with van der Waals surface area (Å²) in [7, 11) is 0. The number of hydrogen-bond acceptors (Lipinski definition) is 3. The van der Waals surface area contributed by atoms with Crippen molar-refractivity contribution in [2.45, 2.75) is 25.4 Å². The second-order valence-electron chi connectivity index (χ2n) is 6.45. The highest BCUT2D eigenvalue weighted by Gasteiger charge is 2.36. The van der Waals surface area contributed by atoms with Gasteiger partial charge in [-0.1, -0.05) is 0 Å². The predicted molar refractivity (Wildman–Crippen MR) is 94.0 cm³/mol. The van der Waals surface area contributed by atoms with Crippen LogP contribution < -0.4 is 15.0 Å². The molecule has 0 spiro atoms. The van der Waals surface area contributed by atoms with Crippen molar-refractivity contribution in [3.63, 3.8) is 0 Å². The van der Waals surface area contributed by atoms with Gasteiger partial charge in [-0.2, -0.15) is 13.2 Å². The van der Waals surface area contributed by atoms with Crippen LogP contribution in [0.3, 0.4) is 0 Å². The number of nitrogens with one attached hydrogen (secondary N) is 1. The number of ether oxygens (including phenoxy) is 1. The van der Waals surface area contributed by atoms with E-state index in [4.69, 9.17) is 0 Å². The summed E-state index contributed by atoms with van der Waals surface area (Å²) in [5.41, 5.74) is -0.973. The molecule has 1 amide bonds. The minimum Gasteiger partial charge on any atom is -0.406 e. The van der Waals surface area contributed by atoms with Crippen LogP contribution in [0.5, 0.6) is 5.75 Å². The molecular formula is C19H16F6N2O2. The molecule has 1 aliphatic heterocycles. The molecule has 1 fully saturated rings. The van der Waals surface area contributed by atoms with Gasteiger partial charge in [0, 0.05) is 30.0 Å². The van der Waals surface area contributed by atoms with Crippen LogP contribution in [-0.4, -0.2) is 25.4 Å². The van der Waals surface area contributed by atoms with Crippen molar-refractivity contribution in [3.05, 3.63) is 53.6 Å². The fraction of sp³-hybridized carbons (Fsp3) is 0.316. The molecule has 29 heavy (non-hydrogen) atoms. The summed E-state index contributed by atoms with van der Waals surface area (Å²) >= 11 is 0. The number of carbonyl (C=O) groups excluding carboxylic acids is 1.